The van der Waals surface area contributed by atoms with E-state index >= 15 is 0 Å². The van der Waals surface area contributed by atoms with Crippen molar-refractivity contribution in [1.82, 2.24) is 10.2 Å². The van der Waals surface area contributed by atoms with Crippen LogP contribution >= 0.6 is 11.8 Å². The molecule has 2 rings (SSSR count). The lowest BCUT2D eigenvalue weighted by Gasteiger charge is -2.35. The Bertz CT molecular complexity index is 504. The van der Waals surface area contributed by atoms with E-state index in [1.54, 1.807) is 0 Å². The molecule has 114 valence electrons. The van der Waals surface area contributed by atoms with E-state index in [1.807, 2.05) is 11.8 Å². The van der Waals surface area contributed by atoms with E-state index in [2.05, 4.69) is 41.4 Å². The molecule has 1 aliphatic heterocycles. The number of imide groups is 1. The van der Waals surface area contributed by atoms with Crippen LogP contribution in [-0.2, 0) is 4.79 Å². The summed E-state index contributed by atoms with van der Waals surface area (Å²) in [5.74, 6) is 1.78. The SMILES string of the molecule is Cc1ccc(C2CSCCN2CCC(=O)NC(N)=O)cc1. The summed E-state index contributed by atoms with van der Waals surface area (Å²) >= 11 is 1.93. The fraction of sp³-hybridized carbons (Fsp3) is 0.467. The van der Waals surface area contributed by atoms with Gasteiger partial charge in [-0.05, 0) is 12.5 Å². The minimum Gasteiger partial charge on any atom is -0.351 e. The number of thioether (sulfide) groups is 1. The number of amides is 3. The first-order valence-corrected chi connectivity index (χ1v) is 8.19. The lowest BCUT2D eigenvalue weighted by Crippen LogP contribution is -2.40. The van der Waals surface area contributed by atoms with Crippen LogP contribution in [0.15, 0.2) is 24.3 Å². The number of carbonyl (C=O) groups is 2. The summed E-state index contributed by atoms with van der Waals surface area (Å²) in [4.78, 5) is 24.5. The summed E-state index contributed by atoms with van der Waals surface area (Å²) in [6.45, 7) is 3.66. The average molecular weight is 307 g/mol. The molecule has 0 spiro atoms. The first-order valence-electron chi connectivity index (χ1n) is 7.04. The highest BCUT2D eigenvalue weighted by Gasteiger charge is 2.24. The van der Waals surface area contributed by atoms with E-state index in [4.69, 9.17) is 5.73 Å². The molecule has 1 unspecified atom stereocenters. The summed E-state index contributed by atoms with van der Waals surface area (Å²) < 4.78 is 0. The monoisotopic (exact) mass is 307 g/mol. The number of nitrogens with zero attached hydrogens (tertiary/aromatic N) is 1. The zero-order valence-corrected chi connectivity index (χ0v) is 13.0. The van der Waals surface area contributed by atoms with E-state index in [-0.39, 0.29) is 12.3 Å². The number of nitrogens with one attached hydrogen (secondary N) is 1. The van der Waals surface area contributed by atoms with Gasteiger partial charge in [-0.3, -0.25) is 15.0 Å². The highest BCUT2D eigenvalue weighted by molar-refractivity contribution is 7.99. The van der Waals surface area contributed by atoms with Crippen LogP contribution < -0.4 is 11.1 Å². The standard InChI is InChI=1S/C15H21N3O2S/c1-11-2-4-12(5-3-11)13-10-21-9-8-18(13)7-6-14(19)17-15(16)20/h2-5,13H,6-10H2,1H3,(H3,16,17,19,20). The number of carbonyl (C=O) groups excluding carboxylic acids is 2. The Kier molecular flexibility index (Phi) is 5.64. The van der Waals surface area contributed by atoms with Crippen molar-refractivity contribution in [3.8, 4) is 0 Å². The van der Waals surface area contributed by atoms with Gasteiger partial charge in [-0.25, -0.2) is 4.79 Å². The van der Waals surface area contributed by atoms with Gasteiger partial charge in [0.1, 0.15) is 0 Å². The summed E-state index contributed by atoms with van der Waals surface area (Å²) in [5, 5.41) is 2.11. The maximum Gasteiger partial charge on any atom is 0.318 e. The van der Waals surface area contributed by atoms with Crippen LogP contribution in [0.25, 0.3) is 0 Å². The van der Waals surface area contributed by atoms with Crippen molar-refractivity contribution in [1.29, 1.82) is 0 Å². The van der Waals surface area contributed by atoms with Crippen molar-refractivity contribution in [2.75, 3.05) is 24.6 Å². The van der Waals surface area contributed by atoms with Gasteiger partial charge in [-0.15, -0.1) is 0 Å². The molecule has 1 fully saturated rings. The number of aryl methyl sites for hydroxylation is 1. The van der Waals surface area contributed by atoms with Crippen LogP contribution in [0.1, 0.15) is 23.6 Å². The maximum absolute atomic E-state index is 11.5. The van der Waals surface area contributed by atoms with Crippen LogP contribution in [-0.4, -0.2) is 41.4 Å². The van der Waals surface area contributed by atoms with Gasteiger partial charge in [0, 0.05) is 37.1 Å². The number of hydrogen-bond donors (Lipinski definition) is 2. The molecule has 5 nitrogen and oxygen atoms in total. The van der Waals surface area contributed by atoms with Crippen molar-refractivity contribution >= 4 is 23.7 Å². The summed E-state index contributed by atoms with van der Waals surface area (Å²) in [6.07, 6.45) is 0.288. The molecule has 1 saturated heterocycles. The molecule has 0 aliphatic carbocycles. The molecule has 21 heavy (non-hydrogen) atoms. The third kappa shape index (κ3) is 4.75. The Balaban J connectivity index is 1.97. The van der Waals surface area contributed by atoms with Gasteiger partial charge in [-0.2, -0.15) is 11.8 Å². The third-order valence-electron chi connectivity index (χ3n) is 3.59. The van der Waals surface area contributed by atoms with Gasteiger partial charge >= 0.3 is 6.03 Å². The average Bonchev–Trinajstić information content (AvgIpc) is 2.46. The molecule has 3 amide bonds. The van der Waals surface area contributed by atoms with Crippen molar-refractivity contribution < 1.29 is 9.59 Å². The molecule has 1 aromatic carbocycles. The van der Waals surface area contributed by atoms with Gasteiger partial charge < -0.3 is 5.73 Å². The van der Waals surface area contributed by atoms with Crippen LogP contribution in [0.5, 0.6) is 0 Å². The molecule has 1 heterocycles. The molecule has 3 N–H and O–H groups in total. The van der Waals surface area contributed by atoms with E-state index in [1.165, 1.54) is 11.1 Å². The largest absolute Gasteiger partial charge is 0.351 e. The van der Waals surface area contributed by atoms with Crippen molar-refractivity contribution in [2.45, 2.75) is 19.4 Å². The molecule has 1 aliphatic rings. The fourth-order valence-corrected chi connectivity index (χ4v) is 3.60. The first-order chi connectivity index (χ1) is 10.1. The molecule has 0 aromatic heterocycles. The first kappa shape index (κ1) is 15.9. The molecule has 0 saturated carbocycles. The van der Waals surface area contributed by atoms with E-state index in [0.717, 1.165) is 18.1 Å². The zero-order valence-electron chi connectivity index (χ0n) is 12.2. The van der Waals surface area contributed by atoms with Crippen LogP contribution in [0.3, 0.4) is 0 Å². The lowest BCUT2D eigenvalue weighted by molar-refractivity contribution is -0.120. The zero-order chi connectivity index (χ0) is 15.2. The third-order valence-corrected chi connectivity index (χ3v) is 4.61. The van der Waals surface area contributed by atoms with Crippen molar-refractivity contribution in [2.24, 2.45) is 5.73 Å². The highest BCUT2D eigenvalue weighted by atomic mass is 32.2. The molecule has 0 radical (unpaired) electrons. The molecular weight excluding hydrogens is 286 g/mol. The lowest BCUT2D eigenvalue weighted by atomic mass is 10.0. The molecular formula is C15H21N3O2S. The van der Waals surface area contributed by atoms with Crippen molar-refractivity contribution in [3.63, 3.8) is 0 Å². The summed E-state index contributed by atoms with van der Waals surface area (Å²) in [5.41, 5.74) is 7.47. The minimum atomic E-state index is -0.788. The topological polar surface area (TPSA) is 75.4 Å². The fourth-order valence-electron chi connectivity index (χ4n) is 2.45. The van der Waals surface area contributed by atoms with Crippen molar-refractivity contribution in [3.05, 3.63) is 35.4 Å². The van der Waals surface area contributed by atoms with Gasteiger partial charge in [0.05, 0.1) is 0 Å². The quantitative estimate of drug-likeness (QED) is 0.887. The number of urea groups is 1. The Morgan fingerprint density at radius 1 is 1.38 bits per heavy atom. The van der Waals surface area contributed by atoms with Gasteiger partial charge in [0.25, 0.3) is 0 Å². The highest BCUT2D eigenvalue weighted by Crippen LogP contribution is 2.29. The Morgan fingerprint density at radius 2 is 2.10 bits per heavy atom. The van der Waals surface area contributed by atoms with Gasteiger partial charge in [0.2, 0.25) is 5.91 Å². The second-order valence-corrected chi connectivity index (χ2v) is 6.35. The Hall–Kier alpha value is -1.53. The van der Waals surface area contributed by atoms with Crippen LogP contribution in [0.4, 0.5) is 4.79 Å². The Morgan fingerprint density at radius 3 is 2.76 bits per heavy atom. The minimum absolute atomic E-state index is 0.288. The predicted molar refractivity (Wildman–Crippen MR) is 85.2 cm³/mol. The molecule has 1 aromatic rings. The summed E-state index contributed by atoms with van der Waals surface area (Å²) in [7, 11) is 0. The molecule has 0 bridgehead atoms. The smallest absolute Gasteiger partial charge is 0.318 e. The normalized spacial score (nSPS) is 19.2. The van der Waals surface area contributed by atoms with E-state index < -0.39 is 6.03 Å². The Labute approximate surface area is 129 Å². The number of primary amides is 1. The summed E-state index contributed by atoms with van der Waals surface area (Å²) in [6, 6.07) is 8.08. The van der Waals surface area contributed by atoms with E-state index in [0.29, 0.717) is 12.6 Å². The van der Waals surface area contributed by atoms with Gasteiger partial charge in [0.15, 0.2) is 0 Å². The van der Waals surface area contributed by atoms with E-state index in [9.17, 15) is 9.59 Å². The molecule has 1 atom stereocenters. The van der Waals surface area contributed by atoms with Gasteiger partial charge in [-0.1, -0.05) is 29.8 Å². The second-order valence-electron chi connectivity index (χ2n) is 5.20. The second kappa shape index (κ2) is 7.47. The van der Waals surface area contributed by atoms with Crippen LogP contribution in [0.2, 0.25) is 0 Å². The van der Waals surface area contributed by atoms with Crippen LogP contribution in [0, 0.1) is 6.92 Å². The number of hydrogen-bond acceptors (Lipinski definition) is 4. The number of benzene rings is 1. The number of rotatable bonds is 4. The maximum atomic E-state index is 11.5. The predicted octanol–water partition coefficient (Wildman–Crippen LogP) is 1.67. The molecule has 6 heteroatoms. The number of nitrogens with two attached hydrogens (primary N) is 1.